The van der Waals surface area contributed by atoms with Gasteiger partial charge >= 0.3 is 0 Å². The lowest BCUT2D eigenvalue weighted by Crippen LogP contribution is -2.33. The van der Waals surface area contributed by atoms with Crippen LogP contribution in [0.1, 0.15) is 51.5 Å². The van der Waals surface area contributed by atoms with Gasteiger partial charge in [0.15, 0.2) is 5.76 Å². The van der Waals surface area contributed by atoms with Crippen LogP contribution in [0.25, 0.3) is 6.08 Å². The van der Waals surface area contributed by atoms with Gasteiger partial charge in [0, 0.05) is 13.1 Å². The summed E-state index contributed by atoms with van der Waals surface area (Å²) < 4.78 is 12.3. The van der Waals surface area contributed by atoms with Gasteiger partial charge in [0.1, 0.15) is 18.2 Å². The molecule has 0 bridgehead atoms. The van der Waals surface area contributed by atoms with Crippen molar-refractivity contribution in [2.24, 2.45) is 0 Å². The Kier molecular flexibility index (Phi) is 6.01. The highest BCUT2D eigenvalue weighted by molar-refractivity contribution is 6.15. The highest BCUT2D eigenvalue weighted by atomic mass is 16.5. The van der Waals surface area contributed by atoms with Crippen LogP contribution in [-0.4, -0.2) is 24.0 Å². The molecule has 2 aliphatic rings. The van der Waals surface area contributed by atoms with Crippen molar-refractivity contribution in [3.63, 3.8) is 0 Å². The molecule has 0 saturated heterocycles. The average molecular weight is 440 g/mol. The molecule has 3 aromatic carbocycles. The molecule has 0 aliphatic carbocycles. The van der Waals surface area contributed by atoms with Crippen LogP contribution in [0.15, 0.2) is 66.4 Å². The summed E-state index contributed by atoms with van der Waals surface area (Å²) in [5.74, 6) is 1.82. The maximum absolute atomic E-state index is 13.2. The number of fused-ring (bicyclic) bond motifs is 3. The number of Topliss-reactive ketones (excluding diaryl/α,β-unsaturated/α-hetero) is 1. The molecular weight excluding hydrogens is 410 g/mol. The van der Waals surface area contributed by atoms with E-state index >= 15 is 0 Å². The number of carbonyl (C=O) groups is 1. The van der Waals surface area contributed by atoms with Crippen LogP contribution in [0.4, 0.5) is 0 Å². The summed E-state index contributed by atoms with van der Waals surface area (Å²) in [6, 6.07) is 20.8. The van der Waals surface area contributed by atoms with Gasteiger partial charge in [0.25, 0.3) is 0 Å². The number of ketones is 1. The molecule has 0 spiro atoms. The van der Waals surface area contributed by atoms with Crippen molar-refractivity contribution in [3.05, 3.63) is 99.8 Å². The molecule has 168 valence electrons. The molecular formula is C29H29NO3. The molecule has 4 nitrogen and oxygen atoms in total. The molecule has 0 aromatic heterocycles. The number of aryl methyl sites for hydroxylation is 3. The van der Waals surface area contributed by atoms with Crippen LogP contribution >= 0.6 is 0 Å². The van der Waals surface area contributed by atoms with E-state index in [-0.39, 0.29) is 5.78 Å². The van der Waals surface area contributed by atoms with Crippen molar-refractivity contribution >= 4 is 11.9 Å². The molecule has 2 heterocycles. The molecule has 0 saturated carbocycles. The quantitative estimate of drug-likeness (QED) is 0.444. The largest absolute Gasteiger partial charge is 0.478 e. The van der Waals surface area contributed by atoms with Crippen molar-refractivity contribution in [3.8, 4) is 11.5 Å². The predicted octanol–water partition coefficient (Wildman–Crippen LogP) is 5.96. The average Bonchev–Trinajstić information content (AvgIpc) is 3.17. The lowest BCUT2D eigenvalue weighted by Gasteiger charge is -2.30. The molecule has 0 N–H and O–H groups in total. The Balaban J connectivity index is 1.34. The van der Waals surface area contributed by atoms with Gasteiger partial charge in [-0.05, 0) is 60.6 Å². The second kappa shape index (κ2) is 9.24. The highest BCUT2D eigenvalue weighted by Crippen LogP contribution is 2.44. The Labute approximate surface area is 195 Å². The SMILES string of the molecule is CCc1ccc(/C=C2\Oc3c4c(cc(C)c3C2=O)OCN(CCCc2ccccc2)C4)cc1. The number of nitrogens with zero attached hydrogens (tertiary/aromatic N) is 1. The molecule has 0 amide bonds. The van der Waals surface area contributed by atoms with Crippen molar-refractivity contribution in [1.82, 2.24) is 4.90 Å². The Morgan fingerprint density at radius 3 is 2.58 bits per heavy atom. The first-order valence-corrected chi connectivity index (χ1v) is 11.7. The van der Waals surface area contributed by atoms with Gasteiger partial charge in [-0.2, -0.15) is 0 Å². The molecule has 2 aliphatic heterocycles. The van der Waals surface area contributed by atoms with E-state index in [1.54, 1.807) is 0 Å². The first-order valence-electron chi connectivity index (χ1n) is 11.7. The number of hydrogen-bond acceptors (Lipinski definition) is 4. The maximum atomic E-state index is 13.2. The number of benzene rings is 3. The van der Waals surface area contributed by atoms with E-state index < -0.39 is 0 Å². The predicted molar refractivity (Wildman–Crippen MR) is 131 cm³/mol. The summed E-state index contributed by atoms with van der Waals surface area (Å²) in [4.78, 5) is 15.5. The van der Waals surface area contributed by atoms with Crippen LogP contribution in [0, 0.1) is 6.92 Å². The lowest BCUT2D eigenvalue weighted by atomic mass is 9.98. The van der Waals surface area contributed by atoms with Gasteiger partial charge in [-0.1, -0.05) is 61.5 Å². The number of hydrogen-bond donors (Lipinski definition) is 0. The Morgan fingerprint density at radius 1 is 1.03 bits per heavy atom. The summed E-state index contributed by atoms with van der Waals surface area (Å²) in [7, 11) is 0. The molecule has 4 heteroatoms. The van der Waals surface area contributed by atoms with Crippen molar-refractivity contribution in [2.75, 3.05) is 13.3 Å². The Hall–Kier alpha value is -3.37. The fourth-order valence-electron chi connectivity index (χ4n) is 4.57. The van der Waals surface area contributed by atoms with Gasteiger partial charge in [-0.15, -0.1) is 0 Å². The third-order valence-corrected chi connectivity index (χ3v) is 6.46. The maximum Gasteiger partial charge on any atom is 0.232 e. The topological polar surface area (TPSA) is 38.8 Å². The van der Waals surface area contributed by atoms with E-state index in [2.05, 4.69) is 48.2 Å². The fraction of sp³-hybridized carbons (Fsp3) is 0.276. The van der Waals surface area contributed by atoms with E-state index in [4.69, 9.17) is 9.47 Å². The van der Waals surface area contributed by atoms with E-state index in [9.17, 15) is 4.79 Å². The summed E-state index contributed by atoms with van der Waals surface area (Å²) >= 11 is 0. The zero-order valence-electron chi connectivity index (χ0n) is 19.3. The molecule has 0 fully saturated rings. The summed E-state index contributed by atoms with van der Waals surface area (Å²) in [5.41, 5.74) is 6.13. The third kappa shape index (κ3) is 4.44. The zero-order chi connectivity index (χ0) is 22.8. The first kappa shape index (κ1) is 21.5. The van der Waals surface area contributed by atoms with Gasteiger partial charge in [-0.3, -0.25) is 9.69 Å². The Morgan fingerprint density at radius 2 is 1.82 bits per heavy atom. The molecule has 0 radical (unpaired) electrons. The molecule has 0 unspecified atom stereocenters. The van der Waals surface area contributed by atoms with E-state index in [0.717, 1.165) is 54.8 Å². The summed E-state index contributed by atoms with van der Waals surface area (Å²) in [5, 5.41) is 0. The van der Waals surface area contributed by atoms with Gasteiger partial charge < -0.3 is 9.47 Å². The van der Waals surface area contributed by atoms with E-state index in [0.29, 0.717) is 23.8 Å². The van der Waals surface area contributed by atoms with Crippen molar-refractivity contribution < 1.29 is 14.3 Å². The minimum absolute atomic E-state index is 0.0499. The smallest absolute Gasteiger partial charge is 0.232 e. The number of ether oxygens (including phenoxy) is 2. The van der Waals surface area contributed by atoms with Crippen molar-refractivity contribution in [2.45, 2.75) is 39.7 Å². The summed E-state index contributed by atoms with van der Waals surface area (Å²) in [6.45, 7) is 6.29. The first-order chi connectivity index (χ1) is 16.1. The molecule has 5 rings (SSSR count). The monoisotopic (exact) mass is 439 g/mol. The fourth-order valence-corrected chi connectivity index (χ4v) is 4.57. The lowest BCUT2D eigenvalue weighted by molar-refractivity contribution is 0.0928. The molecule has 3 aromatic rings. The van der Waals surface area contributed by atoms with Gasteiger partial charge in [0.2, 0.25) is 5.78 Å². The van der Waals surface area contributed by atoms with Crippen LogP contribution < -0.4 is 9.47 Å². The second-order valence-electron chi connectivity index (χ2n) is 8.82. The van der Waals surface area contributed by atoms with E-state index in [1.165, 1.54) is 11.1 Å². The molecule has 0 atom stereocenters. The van der Waals surface area contributed by atoms with Crippen LogP contribution in [0.2, 0.25) is 0 Å². The van der Waals surface area contributed by atoms with Crippen LogP contribution in [0.3, 0.4) is 0 Å². The second-order valence-corrected chi connectivity index (χ2v) is 8.82. The molecule has 33 heavy (non-hydrogen) atoms. The third-order valence-electron chi connectivity index (χ3n) is 6.46. The van der Waals surface area contributed by atoms with E-state index in [1.807, 2.05) is 37.3 Å². The highest BCUT2D eigenvalue weighted by Gasteiger charge is 2.35. The minimum Gasteiger partial charge on any atom is -0.478 e. The number of carbonyl (C=O) groups excluding carboxylic acids is 1. The van der Waals surface area contributed by atoms with Gasteiger partial charge in [-0.25, -0.2) is 0 Å². The van der Waals surface area contributed by atoms with Crippen LogP contribution in [0.5, 0.6) is 11.5 Å². The normalized spacial score (nSPS) is 16.3. The standard InChI is InChI=1S/C29H29NO3/c1-3-21-11-13-23(14-12-21)17-26-28(31)27-20(2)16-25-24(29(27)33-26)18-30(19-32-25)15-7-10-22-8-5-4-6-9-22/h4-6,8-9,11-14,16-17H,3,7,10,15,18-19H2,1-2H3/b26-17-. The van der Waals surface area contributed by atoms with Crippen LogP contribution in [-0.2, 0) is 19.4 Å². The minimum atomic E-state index is -0.0499. The van der Waals surface area contributed by atoms with Crippen molar-refractivity contribution in [1.29, 1.82) is 0 Å². The zero-order valence-corrected chi connectivity index (χ0v) is 19.3. The van der Waals surface area contributed by atoms with Gasteiger partial charge in [0.05, 0.1) is 11.1 Å². The number of allylic oxidation sites excluding steroid dienone is 1. The summed E-state index contributed by atoms with van der Waals surface area (Å²) in [6.07, 6.45) is 4.92. The number of rotatable bonds is 6. The Bertz CT molecular complexity index is 1200.